The number of aliphatic hydroxyl groups excluding tert-OH is 1. The van der Waals surface area contributed by atoms with Gasteiger partial charge < -0.3 is 5.11 Å². The normalized spacial score (nSPS) is 12.0. The van der Waals surface area contributed by atoms with Gasteiger partial charge in [0.15, 0.2) is 0 Å². The molecule has 2 rings (SSSR count). The van der Waals surface area contributed by atoms with Gasteiger partial charge in [0, 0.05) is 24.0 Å². The van der Waals surface area contributed by atoms with E-state index in [2.05, 4.69) is 0 Å². The second-order valence-corrected chi connectivity index (χ2v) is 7.67. The minimum Gasteiger partial charge on any atom is -0.391 e. The second-order valence-electron chi connectivity index (χ2n) is 4.23. The Morgan fingerprint density at radius 1 is 1.25 bits per heavy atom. The number of aliphatic hydroxyl groups is 1. The molecule has 108 valence electrons. The van der Waals surface area contributed by atoms with Gasteiger partial charge in [0.05, 0.1) is 6.61 Å². The highest BCUT2D eigenvalue weighted by Crippen LogP contribution is 2.25. The fourth-order valence-electron chi connectivity index (χ4n) is 1.69. The number of sulfonamides is 1. The summed E-state index contributed by atoms with van der Waals surface area (Å²) in [6.07, 6.45) is 0. The summed E-state index contributed by atoms with van der Waals surface area (Å²) in [5.74, 6) is -0.434. The van der Waals surface area contributed by atoms with Crippen molar-refractivity contribution in [2.45, 2.75) is 17.4 Å². The summed E-state index contributed by atoms with van der Waals surface area (Å²) in [5, 5.41) is 8.98. The lowest BCUT2D eigenvalue weighted by atomic mass is 10.2. The molecule has 20 heavy (non-hydrogen) atoms. The van der Waals surface area contributed by atoms with Gasteiger partial charge in [-0.2, -0.15) is 4.31 Å². The minimum atomic E-state index is -3.67. The van der Waals surface area contributed by atoms with Crippen molar-refractivity contribution >= 4 is 21.4 Å². The van der Waals surface area contributed by atoms with Crippen molar-refractivity contribution in [1.82, 2.24) is 4.31 Å². The lowest BCUT2D eigenvalue weighted by Crippen LogP contribution is -2.26. The monoisotopic (exact) mass is 315 g/mol. The summed E-state index contributed by atoms with van der Waals surface area (Å²) in [5.41, 5.74) is 0.317. The summed E-state index contributed by atoms with van der Waals surface area (Å²) >= 11 is 1.01. The molecular weight excluding hydrogens is 301 g/mol. The van der Waals surface area contributed by atoms with E-state index in [0.717, 1.165) is 15.6 Å². The second kappa shape index (κ2) is 6.01. The molecule has 0 aliphatic heterocycles. The Bertz CT molecular complexity index is 697. The first-order valence-electron chi connectivity index (χ1n) is 5.84. The molecule has 1 aromatic carbocycles. The molecule has 0 saturated heterocycles. The van der Waals surface area contributed by atoms with Crippen molar-refractivity contribution in [1.29, 1.82) is 0 Å². The highest BCUT2D eigenvalue weighted by molar-refractivity contribution is 7.91. The Labute approximate surface area is 121 Å². The van der Waals surface area contributed by atoms with Crippen LogP contribution in [0.25, 0.3) is 0 Å². The largest absolute Gasteiger partial charge is 0.391 e. The average Bonchev–Trinajstić information content (AvgIpc) is 2.90. The van der Waals surface area contributed by atoms with Gasteiger partial charge >= 0.3 is 0 Å². The van der Waals surface area contributed by atoms with E-state index in [1.807, 2.05) is 0 Å². The molecule has 4 nitrogen and oxygen atoms in total. The van der Waals surface area contributed by atoms with Crippen LogP contribution in [-0.2, 0) is 23.2 Å². The molecule has 1 N–H and O–H groups in total. The van der Waals surface area contributed by atoms with Crippen LogP contribution in [0.5, 0.6) is 0 Å². The van der Waals surface area contributed by atoms with E-state index < -0.39 is 15.8 Å². The summed E-state index contributed by atoms with van der Waals surface area (Å²) < 4.78 is 39.4. The molecule has 0 fully saturated rings. The summed E-state index contributed by atoms with van der Waals surface area (Å²) in [4.78, 5) is 0.572. The maximum absolute atomic E-state index is 13.5. The zero-order valence-electron chi connectivity index (χ0n) is 10.8. The van der Waals surface area contributed by atoms with E-state index in [-0.39, 0.29) is 17.4 Å². The molecule has 0 radical (unpaired) electrons. The van der Waals surface area contributed by atoms with Gasteiger partial charge in [-0.05, 0) is 18.2 Å². The summed E-state index contributed by atoms with van der Waals surface area (Å²) in [6, 6.07) is 9.08. The zero-order valence-corrected chi connectivity index (χ0v) is 12.4. The van der Waals surface area contributed by atoms with E-state index >= 15 is 0 Å². The Morgan fingerprint density at radius 2 is 1.95 bits per heavy atom. The van der Waals surface area contributed by atoms with E-state index in [0.29, 0.717) is 10.4 Å². The number of hydrogen-bond donors (Lipinski definition) is 1. The van der Waals surface area contributed by atoms with Gasteiger partial charge in [0.2, 0.25) is 0 Å². The highest BCUT2D eigenvalue weighted by Gasteiger charge is 2.23. The number of halogens is 1. The molecule has 0 unspecified atom stereocenters. The first kappa shape index (κ1) is 15.1. The Kier molecular flexibility index (Phi) is 4.54. The molecule has 2 aromatic rings. The highest BCUT2D eigenvalue weighted by atomic mass is 32.2. The van der Waals surface area contributed by atoms with E-state index in [1.54, 1.807) is 24.3 Å². The molecule has 0 aliphatic carbocycles. The van der Waals surface area contributed by atoms with Crippen molar-refractivity contribution in [2.24, 2.45) is 0 Å². The van der Waals surface area contributed by atoms with Crippen LogP contribution in [0.3, 0.4) is 0 Å². The minimum absolute atomic E-state index is 0.0403. The third kappa shape index (κ3) is 3.06. The van der Waals surface area contributed by atoms with Crippen molar-refractivity contribution < 1.29 is 17.9 Å². The zero-order chi connectivity index (χ0) is 14.8. The third-order valence-electron chi connectivity index (χ3n) is 2.81. The van der Waals surface area contributed by atoms with Gasteiger partial charge in [0.1, 0.15) is 10.0 Å². The SMILES string of the molecule is CN(Cc1ccccc1F)S(=O)(=O)c1ccc(CO)s1. The first-order chi connectivity index (χ1) is 9.45. The Hall–Kier alpha value is -1.28. The van der Waals surface area contributed by atoms with Crippen molar-refractivity contribution in [3.05, 3.63) is 52.7 Å². The number of nitrogens with zero attached hydrogens (tertiary/aromatic N) is 1. The number of benzene rings is 1. The standard InChI is InChI=1S/C13H14FNO3S2/c1-15(8-10-4-2-3-5-12(10)14)20(17,18)13-7-6-11(9-16)19-13/h2-7,16H,8-9H2,1H3. The fourth-order valence-corrected chi connectivity index (χ4v) is 4.26. The van der Waals surface area contributed by atoms with Gasteiger partial charge in [-0.25, -0.2) is 12.8 Å². The molecule has 0 aliphatic rings. The number of thiophene rings is 1. The summed E-state index contributed by atoms with van der Waals surface area (Å²) in [7, 11) is -2.27. The van der Waals surface area contributed by atoms with Crippen LogP contribution in [0.2, 0.25) is 0 Å². The molecule has 0 atom stereocenters. The van der Waals surface area contributed by atoms with Crippen molar-refractivity contribution in [2.75, 3.05) is 7.05 Å². The molecule has 0 spiro atoms. The molecule has 1 aromatic heterocycles. The lowest BCUT2D eigenvalue weighted by molar-refractivity contribution is 0.285. The Balaban J connectivity index is 2.23. The average molecular weight is 315 g/mol. The molecule has 7 heteroatoms. The number of rotatable bonds is 5. The predicted molar refractivity (Wildman–Crippen MR) is 75.3 cm³/mol. The van der Waals surface area contributed by atoms with Crippen LogP contribution in [0.1, 0.15) is 10.4 Å². The maximum atomic E-state index is 13.5. The molecular formula is C13H14FNO3S2. The first-order valence-corrected chi connectivity index (χ1v) is 8.10. The quantitative estimate of drug-likeness (QED) is 0.920. The van der Waals surface area contributed by atoms with Crippen LogP contribution in [0.4, 0.5) is 4.39 Å². The van der Waals surface area contributed by atoms with E-state index in [9.17, 15) is 12.8 Å². The van der Waals surface area contributed by atoms with Crippen LogP contribution < -0.4 is 0 Å². The van der Waals surface area contributed by atoms with Crippen LogP contribution in [0, 0.1) is 5.82 Å². The van der Waals surface area contributed by atoms with Crippen LogP contribution in [0.15, 0.2) is 40.6 Å². The van der Waals surface area contributed by atoms with Gasteiger partial charge in [-0.1, -0.05) is 18.2 Å². The third-order valence-corrected chi connectivity index (χ3v) is 6.15. The van der Waals surface area contributed by atoms with Crippen LogP contribution >= 0.6 is 11.3 Å². The smallest absolute Gasteiger partial charge is 0.252 e. The summed E-state index contributed by atoms with van der Waals surface area (Å²) in [6.45, 7) is -0.238. The molecule has 0 amide bonds. The fraction of sp³-hybridized carbons (Fsp3) is 0.231. The molecule has 0 bridgehead atoms. The van der Waals surface area contributed by atoms with Gasteiger partial charge in [-0.15, -0.1) is 11.3 Å². The topological polar surface area (TPSA) is 57.6 Å². The van der Waals surface area contributed by atoms with Crippen LogP contribution in [-0.4, -0.2) is 24.9 Å². The van der Waals surface area contributed by atoms with Gasteiger partial charge in [0.25, 0.3) is 10.0 Å². The van der Waals surface area contributed by atoms with Gasteiger partial charge in [-0.3, -0.25) is 0 Å². The predicted octanol–water partition coefficient (Wildman–Crippen LogP) is 2.20. The maximum Gasteiger partial charge on any atom is 0.252 e. The van der Waals surface area contributed by atoms with E-state index in [4.69, 9.17) is 5.11 Å². The number of hydrogen-bond acceptors (Lipinski definition) is 4. The molecule has 1 heterocycles. The molecule has 0 saturated carbocycles. The lowest BCUT2D eigenvalue weighted by Gasteiger charge is -2.16. The Morgan fingerprint density at radius 3 is 2.55 bits per heavy atom. The van der Waals surface area contributed by atoms with Crippen molar-refractivity contribution in [3.8, 4) is 0 Å². The van der Waals surface area contributed by atoms with Crippen molar-refractivity contribution in [3.63, 3.8) is 0 Å². The van der Waals surface area contributed by atoms with E-state index in [1.165, 1.54) is 19.2 Å².